The molecule has 0 aliphatic carbocycles. The molecule has 2 aromatic rings. The van der Waals surface area contributed by atoms with Gasteiger partial charge in [-0.2, -0.15) is 0 Å². The number of amides is 1. The van der Waals surface area contributed by atoms with Crippen molar-refractivity contribution in [2.24, 2.45) is 0 Å². The number of rotatable bonds is 5. The van der Waals surface area contributed by atoms with Gasteiger partial charge < -0.3 is 10.1 Å². The van der Waals surface area contributed by atoms with Crippen LogP contribution in [0.15, 0.2) is 36.4 Å². The summed E-state index contributed by atoms with van der Waals surface area (Å²) in [6.07, 6.45) is 0. The lowest BCUT2D eigenvalue weighted by Gasteiger charge is -2.09. The lowest BCUT2D eigenvalue weighted by atomic mass is 10.1. The van der Waals surface area contributed by atoms with E-state index in [0.717, 1.165) is 6.07 Å². The van der Waals surface area contributed by atoms with E-state index in [-0.39, 0.29) is 17.1 Å². The Morgan fingerprint density at radius 1 is 1.26 bits per heavy atom. The molecule has 0 aliphatic rings. The fourth-order valence-electron chi connectivity index (χ4n) is 1.93. The summed E-state index contributed by atoms with van der Waals surface area (Å²) in [7, 11) is 1.20. The van der Waals surface area contributed by atoms with Gasteiger partial charge in [-0.3, -0.25) is 19.7 Å². The van der Waals surface area contributed by atoms with Crippen LogP contribution in [0.2, 0.25) is 0 Å². The molecule has 1 aromatic carbocycles. The molecule has 8 nitrogen and oxygen atoms in total. The average molecular weight is 315 g/mol. The zero-order valence-corrected chi connectivity index (χ0v) is 12.4. The van der Waals surface area contributed by atoms with Crippen LogP contribution in [0.3, 0.4) is 0 Å². The Labute approximate surface area is 131 Å². The van der Waals surface area contributed by atoms with Crippen molar-refractivity contribution < 1.29 is 19.2 Å². The van der Waals surface area contributed by atoms with E-state index in [0.29, 0.717) is 5.69 Å². The van der Waals surface area contributed by atoms with Gasteiger partial charge in [0.2, 0.25) is 0 Å². The summed E-state index contributed by atoms with van der Waals surface area (Å²) in [4.78, 5) is 38.2. The normalized spacial score (nSPS) is 10.0. The van der Waals surface area contributed by atoms with Crippen LogP contribution >= 0.6 is 0 Å². The topological polar surface area (TPSA) is 111 Å². The van der Waals surface area contributed by atoms with Crippen molar-refractivity contribution in [1.29, 1.82) is 0 Å². The quantitative estimate of drug-likeness (QED) is 0.515. The molecule has 118 valence electrons. The molecule has 1 amide bonds. The van der Waals surface area contributed by atoms with Crippen molar-refractivity contribution in [3.8, 4) is 5.88 Å². The van der Waals surface area contributed by atoms with Crippen molar-refractivity contribution >= 4 is 23.1 Å². The third kappa shape index (κ3) is 3.49. The SMILES string of the molecule is COc1nc(C(C)=O)c(C(=O)Nc2ccccc2)cc1[N+](=O)[O-]. The molecular weight excluding hydrogens is 302 g/mol. The second-order valence-electron chi connectivity index (χ2n) is 4.55. The van der Waals surface area contributed by atoms with Gasteiger partial charge >= 0.3 is 5.69 Å². The first kappa shape index (κ1) is 16.1. The standard InChI is InChI=1S/C15H13N3O5/c1-9(19)13-11(8-12(18(21)22)15(17-13)23-2)14(20)16-10-6-4-3-5-7-10/h3-8H,1-2H3,(H,16,20). The number of ether oxygens (including phenoxy) is 1. The minimum atomic E-state index is -0.727. The van der Waals surface area contributed by atoms with Gasteiger partial charge in [0.25, 0.3) is 11.8 Å². The molecule has 0 spiro atoms. The maximum Gasteiger partial charge on any atom is 0.331 e. The van der Waals surface area contributed by atoms with E-state index in [1.165, 1.54) is 14.0 Å². The van der Waals surface area contributed by atoms with Crippen LogP contribution in [0, 0.1) is 10.1 Å². The molecule has 2 rings (SSSR count). The molecule has 0 saturated heterocycles. The number of nitrogens with one attached hydrogen (secondary N) is 1. The Morgan fingerprint density at radius 3 is 2.43 bits per heavy atom. The van der Waals surface area contributed by atoms with Gasteiger partial charge in [0.15, 0.2) is 5.78 Å². The predicted octanol–water partition coefficient (Wildman–Crippen LogP) is 2.45. The summed E-state index contributed by atoms with van der Waals surface area (Å²) in [6, 6.07) is 9.50. The molecule has 1 heterocycles. The van der Waals surface area contributed by atoms with Crippen LogP contribution in [0.25, 0.3) is 0 Å². The second-order valence-corrected chi connectivity index (χ2v) is 4.55. The van der Waals surface area contributed by atoms with Crippen LogP contribution in [-0.4, -0.2) is 28.7 Å². The van der Waals surface area contributed by atoms with Crippen LogP contribution in [0.4, 0.5) is 11.4 Å². The number of carbonyl (C=O) groups excluding carboxylic acids is 2. The number of pyridine rings is 1. The monoisotopic (exact) mass is 315 g/mol. The first-order valence-electron chi connectivity index (χ1n) is 6.54. The van der Waals surface area contributed by atoms with Crippen molar-refractivity contribution in [2.75, 3.05) is 12.4 Å². The van der Waals surface area contributed by atoms with Crippen LogP contribution < -0.4 is 10.1 Å². The zero-order valence-electron chi connectivity index (χ0n) is 12.4. The highest BCUT2D eigenvalue weighted by Crippen LogP contribution is 2.27. The molecule has 0 bridgehead atoms. The summed E-state index contributed by atoms with van der Waals surface area (Å²) in [5.74, 6) is -1.49. The van der Waals surface area contributed by atoms with Gasteiger partial charge in [0, 0.05) is 18.7 Å². The molecule has 0 aliphatic heterocycles. The van der Waals surface area contributed by atoms with Gasteiger partial charge in [0.05, 0.1) is 17.6 Å². The highest BCUT2D eigenvalue weighted by atomic mass is 16.6. The summed E-state index contributed by atoms with van der Waals surface area (Å²) in [6.45, 7) is 1.22. The number of ketones is 1. The number of hydrogen-bond acceptors (Lipinski definition) is 6. The van der Waals surface area contributed by atoms with Crippen molar-refractivity contribution in [3.63, 3.8) is 0 Å². The zero-order chi connectivity index (χ0) is 17.0. The molecule has 0 fully saturated rings. The molecule has 8 heteroatoms. The van der Waals surface area contributed by atoms with E-state index in [2.05, 4.69) is 10.3 Å². The lowest BCUT2D eigenvalue weighted by Crippen LogP contribution is -2.18. The summed E-state index contributed by atoms with van der Waals surface area (Å²) >= 11 is 0. The Balaban J connectivity index is 2.50. The molecule has 1 N–H and O–H groups in total. The van der Waals surface area contributed by atoms with Gasteiger partial charge in [-0.05, 0) is 12.1 Å². The number of nitrogens with zero attached hydrogens (tertiary/aromatic N) is 2. The van der Waals surface area contributed by atoms with E-state index in [4.69, 9.17) is 4.74 Å². The Morgan fingerprint density at radius 2 is 1.91 bits per heavy atom. The molecular formula is C15H13N3O5. The molecule has 0 radical (unpaired) electrons. The van der Waals surface area contributed by atoms with Crippen molar-refractivity contribution in [2.45, 2.75) is 6.92 Å². The minimum Gasteiger partial charge on any atom is -0.476 e. The Bertz CT molecular complexity index is 774. The molecule has 23 heavy (non-hydrogen) atoms. The molecule has 0 saturated carbocycles. The smallest absolute Gasteiger partial charge is 0.331 e. The minimum absolute atomic E-state index is 0.186. The number of hydrogen-bond donors (Lipinski definition) is 1. The van der Waals surface area contributed by atoms with E-state index >= 15 is 0 Å². The first-order valence-corrected chi connectivity index (χ1v) is 6.54. The largest absolute Gasteiger partial charge is 0.476 e. The van der Waals surface area contributed by atoms with Gasteiger partial charge in [0.1, 0.15) is 5.69 Å². The molecule has 1 aromatic heterocycles. The van der Waals surface area contributed by atoms with Crippen molar-refractivity contribution in [1.82, 2.24) is 4.98 Å². The van der Waals surface area contributed by atoms with E-state index in [9.17, 15) is 19.7 Å². The highest BCUT2D eigenvalue weighted by molar-refractivity contribution is 6.11. The van der Waals surface area contributed by atoms with E-state index in [1.54, 1.807) is 30.3 Å². The van der Waals surface area contributed by atoms with Crippen LogP contribution in [0.5, 0.6) is 5.88 Å². The van der Waals surface area contributed by atoms with Gasteiger partial charge in [-0.1, -0.05) is 18.2 Å². The van der Waals surface area contributed by atoms with E-state index < -0.39 is 22.3 Å². The third-order valence-electron chi connectivity index (χ3n) is 2.97. The Hall–Kier alpha value is -3.29. The Kier molecular flexibility index (Phi) is 4.65. The molecule has 0 unspecified atom stereocenters. The number of para-hydroxylation sites is 1. The van der Waals surface area contributed by atoms with Crippen molar-refractivity contribution in [3.05, 3.63) is 57.8 Å². The summed E-state index contributed by atoms with van der Waals surface area (Å²) in [5, 5.41) is 13.6. The van der Waals surface area contributed by atoms with Crippen LogP contribution in [-0.2, 0) is 0 Å². The number of Topliss-reactive ketones (excluding diaryl/α,β-unsaturated/α-hetero) is 1. The molecule has 0 atom stereocenters. The second kappa shape index (κ2) is 6.65. The predicted molar refractivity (Wildman–Crippen MR) is 81.8 cm³/mol. The maximum absolute atomic E-state index is 12.3. The van der Waals surface area contributed by atoms with Crippen LogP contribution in [0.1, 0.15) is 27.8 Å². The number of nitro groups is 1. The number of aromatic nitrogens is 1. The average Bonchev–Trinajstić information content (AvgIpc) is 2.54. The number of benzene rings is 1. The fraction of sp³-hybridized carbons (Fsp3) is 0.133. The number of anilines is 1. The highest BCUT2D eigenvalue weighted by Gasteiger charge is 2.26. The van der Waals surface area contributed by atoms with E-state index in [1.807, 2.05) is 0 Å². The first-order chi connectivity index (χ1) is 10.9. The fourth-order valence-corrected chi connectivity index (χ4v) is 1.93. The summed E-state index contributed by atoms with van der Waals surface area (Å²) < 4.78 is 4.81. The summed E-state index contributed by atoms with van der Waals surface area (Å²) in [5.41, 5.74) is -0.379. The third-order valence-corrected chi connectivity index (χ3v) is 2.97. The lowest BCUT2D eigenvalue weighted by molar-refractivity contribution is -0.386. The number of methoxy groups -OCH3 is 1. The maximum atomic E-state index is 12.3. The van der Waals surface area contributed by atoms with Gasteiger partial charge in [-0.25, -0.2) is 4.98 Å². The number of carbonyl (C=O) groups is 2. The van der Waals surface area contributed by atoms with Gasteiger partial charge in [-0.15, -0.1) is 0 Å².